The molecule has 4 rings (SSSR count). The Morgan fingerprint density at radius 2 is 1.76 bits per heavy atom. The number of aromatic nitrogens is 2. The van der Waals surface area contributed by atoms with E-state index in [1.807, 2.05) is 6.07 Å². The SMILES string of the molecule is COc1cc(NC(=O)CSc2nccc(N3CCC(Cc4ccccc4)CC3)n2)cc(OC)c1. The molecule has 1 aliphatic rings. The van der Waals surface area contributed by atoms with Gasteiger partial charge >= 0.3 is 0 Å². The number of piperidine rings is 1. The number of rotatable bonds is 9. The van der Waals surface area contributed by atoms with Crippen molar-refractivity contribution in [1.29, 1.82) is 0 Å². The van der Waals surface area contributed by atoms with Gasteiger partial charge in [-0.2, -0.15) is 0 Å². The highest BCUT2D eigenvalue weighted by molar-refractivity contribution is 7.99. The second kappa shape index (κ2) is 11.7. The smallest absolute Gasteiger partial charge is 0.234 e. The summed E-state index contributed by atoms with van der Waals surface area (Å²) in [4.78, 5) is 23.8. The first kappa shape index (κ1) is 23.9. The largest absolute Gasteiger partial charge is 0.497 e. The van der Waals surface area contributed by atoms with Gasteiger partial charge in [-0.3, -0.25) is 4.79 Å². The van der Waals surface area contributed by atoms with E-state index in [-0.39, 0.29) is 11.7 Å². The van der Waals surface area contributed by atoms with E-state index in [9.17, 15) is 4.79 Å². The molecule has 2 heterocycles. The van der Waals surface area contributed by atoms with E-state index in [4.69, 9.17) is 14.5 Å². The maximum absolute atomic E-state index is 12.5. The zero-order valence-electron chi connectivity index (χ0n) is 19.6. The lowest BCUT2D eigenvalue weighted by atomic mass is 9.90. The highest BCUT2D eigenvalue weighted by Gasteiger charge is 2.21. The van der Waals surface area contributed by atoms with Gasteiger partial charge in [-0.05, 0) is 36.8 Å². The number of carbonyl (C=O) groups is 1. The average Bonchev–Trinajstić information content (AvgIpc) is 2.88. The van der Waals surface area contributed by atoms with E-state index >= 15 is 0 Å². The first-order chi connectivity index (χ1) is 16.6. The molecule has 0 spiro atoms. The summed E-state index contributed by atoms with van der Waals surface area (Å²) in [5, 5.41) is 3.48. The number of carbonyl (C=O) groups excluding carboxylic acids is 1. The van der Waals surface area contributed by atoms with Gasteiger partial charge in [0.15, 0.2) is 5.16 Å². The van der Waals surface area contributed by atoms with Gasteiger partial charge in [-0.25, -0.2) is 9.97 Å². The van der Waals surface area contributed by atoms with E-state index in [1.165, 1.54) is 17.3 Å². The van der Waals surface area contributed by atoms with Crippen LogP contribution in [0.2, 0.25) is 0 Å². The number of hydrogen-bond donors (Lipinski definition) is 1. The minimum Gasteiger partial charge on any atom is -0.497 e. The first-order valence-corrected chi connectivity index (χ1v) is 12.4. The number of nitrogens with one attached hydrogen (secondary N) is 1. The zero-order valence-corrected chi connectivity index (χ0v) is 20.4. The second-order valence-electron chi connectivity index (χ2n) is 8.26. The standard InChI is InChI=1S/C26H30N4O3S/c1-32-22-15-21(16-23(17-22)33-2)28-25(31)18-34-26-27-11-8-24(29-26)30-12-9-20(10-13-30)14-19-6-4-3-5-7-19/h3-8,11,15-17,20H,9-10,12-14,18H2,1-2H3,(H,28,31). The molecule has 178 valence electrons. The van der Waals surface area contributed by atoms with Crippen LogP contribution in [0, 0.1) is 5.92 Å². The van der Waals surface area contributed by atoms with Gasteiger partial charge in [-0.1, -0.05) is 42.1 Å². The van der Waals surface area contributed by atoms with Crippen molar-refractivity contribution in [2.24, 2.45) is 5.92 Å². The van der Waals surface area contributed by atoms with Crippen LogP contribution in [-0.4, -0.2) is 48.9 Å². The highest BCUT2D eigenvalue weighted by Crippen LogP contribution is 2.27. The maximum atomic E-state index is 12.5. The third-order valence-electron chi connectivity index (χ3n) is 5.89. The predicted molar refractivity (Wildman–Crippen MR) is 136 cm³/mol. The van der Waals surface area contributed by atoms with Crippen LogP contribution in [0.5, 0.6) is 11.5 Å². The van der Waals surface area contributed by atoms with Gasteiger partial charge in [0.25, 0.3) is 0 Å². The van der Waals surface area contributed by atoms with Crippen molar-refractivity contribution in [3.05, 3.63) is 66.4 Å². The molecule has 34 heavy (non-hydrogen) atoms. The molecule has 3 aromatic rings. The van der Waals surface area contributed by atoms with Gasteiger partial charge in [-0.15, -0.1) is 0 Å². The van der Waals surface area contributed by atoms with E-state index in [1.54, 1.807) is 38.6 Å². The van der Waals surface area contributed by atoms with Crippen LogP contribution in [0.1, 0.15) is 18.4 Å². The summed E-state index contributed by atoms with van der Waals surface area (Å²) in [6, 6.07) is 17.9. The summed E-state index contributed by atoms with van der Waals surface area (Å²) in [7, 11) is 3.15. The summed E-state index contributed by atoms with van der Waals surface area (Å²) in [5.74, 6) is 2.93. The summed E-state index contributed by atoms with van der Waals surface area (Å²) in [5.41, 5.74) is 2.03. The third-order valence-corrected chi connectivity index (χ3v) is 6.75. The normalized spacial score (nSPS) is 14.0. The Morgan fingerprint density at radius 1 is 1.06 bits per heavy atom. The van der Waals surface area contributed by atoms with Gasteiger partial charge in [0.1, 0.15) is 17.3 Å². The molecule has 1 aliphatic heterocycles. The number of amides is 1. The number of hydrogen-bond acceptors (Lipinski definition) is 7. The molecule has 2 aromatic carbocycles. The van der Waals surface area contributed by atoms with Crippen LogP contribution in [0.15, 0.2) is 66.0 Å². The first-order valence-electron chi connectivity index (χ1n) is 11.4. The molecular formula is C26H30N4O3S. The van der Waals surface area contributed by atoms with Crippen molar-refractivity contribution in [2.75, 3.05) is 43.3 Å². The predicted octanol–water partition coefficient (Wildman–Crippen LogP) is 4.68. The van der Waals surface area contributed by atoms with Crippen molar-refractivity contribution < 1.29 is 14.3 Å². The Labute approximate surface area is 204 Å². The van der Waals surface area contributed by atoms with Crippen molar-refractivity contribution in [3.63, 3.8) is 0 Å². The fraction of sp³-hybridized carbons (Fsp3) is 0.346. The van der Waals surface area contributed by atoms with Crippen LogP contribution in [0.4, 0.5) is 11.5 Å². The number of benzene rings is 2. The van der Waals surface area contributed by atoms with Gasteiger partial charge in [0.2, 0.25) is 5.91 Å². The minimum absolute atomic E-state index is 0.143. The Morgan fingerprint density at radius 3 is 2.44 bits per heavy atom. The quantitative estimate of drug-likeness (QED) is 0.353. The number of thioether (sulfide) groups is 1. The summed E-state index contributed by atoms with van der Waals surface area (Å²) < 4.78 is 10.5. The molecule has 0 unspecified atom stereocenters. The van der Waals surface area contributed by atoms with E-state index < -0.39 is 0 Å². The third kappa shape index (κ3) is 6.63. The minimum atomic E-state index is -0.143. The Hall–Kier alpha value is -3.26. The van der Waals surface area contributed by atoms with E-state index in [0.717, 1.165) is 38.2 Å². The number of nitrogens with zero attached hydrogens (tertiary/aromatic N) is 3. The molecule has 1 fully saturated rings. The van der Waals surface area contributed by atoms with Gasteiger partial charge in [0.05, 0.1) is 20.0 Å². The Bertz CT molecular complexity index is 1070. The van der Waals surface area contributed by atoms with Crippen LogP contribution in [-0.2, 0) is 11.2 Å². The molecule has 0 aliphatic carbocycles. The number of ether oxygens (including phenoxy) is 2. The molecule has 0 saturated carbocycles. The highest BCUT2D eigenvalue weighted by atomic mass is 32.2. The molecule has 1 aromatic heterocycles. The van der Waals surface area contributed by atoms with Crippen LogP contribution in [0.25, 0.3) is 0 Å². The summed E-state index contributed by atoms with van der Waals surface area (Å²) >= 11 is 1.32. The lowest BCUT2D eigenvalue weighted by molar-refractivity contribution is -0.113. The fourth-order valence-corrected chi connectivity index (χ4v) is 4.72. The lowest BCUT2D eigenvalue weighted by Gasteiger charge is -2.33. The Kier molecular flexibility index (Phi) is 8.25. The second-order valence-corrected chi connectivity index (χ2v) is 9.20. The lowest BCUT2D eigenvalue weighted by Crippen LogP contribution is -2.35. The molecule has 0 radical (unpaired) electrons. The topological polar surface area (TPSA) is 76.6 Å². The average molecular weight is 479 g/mol. The van der Waals surface area contributed by atoms with Gasteiger partial charge < -0.3 is 19.7 Å². The number of methoxy groups -OCH3 is 2. The van der Waals surface area contributed by atoms with Crippen molar-refractivity contribution >= 4 is 29.2 Å². The molecule has 1 saturated heterocycles. The van der Waals surface area contributed by atoms with Crippen LogP contribution < -0.4 is 19.7 Å². The van der Waals surface area contributed by atoms with Crippen LogP contribution >= 0.6 is 11.8 Å². The zero-order chi connectivity index (χ0) is 23.8. The molecule has 7 nitrogen and oxygen atoms in total. The summed E-state index contributed by atoms with van der Waals surface area (Å²) in [6.07, 6.45) is 5.20. The van der Waals surface area contributed by atoms with Crippen LogP contribution in [0.3, 0.4) is 0 Å². The maximum Gasteiger partial charge on any atom is 0.234 e. The molecule has 1 amide bonds. The fourth-order valence-electron chi connectivity index (χ4n) is 4.10. The van der Waals surface area contributed by atoms with Crippen molar-refractivity contribution in [2.45, 2.75) is 24.4 Å². The van der Waals surface area contributed by atoms with E-state index in [0.29, 0.717) is 28.3 Å². The van der Waals surface area contributed by atoms with Crippen molar-refractivity contribution in [3.8, 4) is 11.5 Å². The number of anilines is 2. The van der Waals surface area contributed by atoms with Gasteiger partial charge in [0, 0.05) is 43.2 Å². The van der Waals surface area contributed by atoms with Crippen molar-refractivity contribution in [1.82, 2.24) is 9.97 Å². The molecule has 0 atom stereocenters. The molecule has 1 N–H and O–H groups in total. The monoisotopic (exact) mass is 478 g/mol. The summed E-state index contributed by atoms with van der Waals surface area (Å²) in [6.45, 7) is 1.97. The van der Waals surface area contributed by atoms with E-state index in [2.05, 4.69) is 45.5 Å². The molecule has 0 bridgehead atoms. The molecule has 8 heteroatoms. The Balaban J connectivity index is 1.28. The molecular weight excluding hydrogens is 448 g/mol.